The van der Waals surface area contributed by atoms with Crippen molar-refractivity contribution in [3.63, 3.8) is 0 Å². The Labute approximate surface area is 78.5 Å². The molecule has 1 N–H and O–H groups in total. The lowest BCUT2D eigenvalue weighted by Crippen LogP contribution is -2.47. The highest BCUT2D eigenvalue weighted by molar-refractivity contribution is 5.93. The average molecular weight is 207 g/mol. The van der Waals surface area contributed by atoms with Crippen LogP contribution in [0.3, 0.4) is 0 Å². The molecule has 3 nitrogen and oxygen atoms in total. The number of terminal acetylenes is 1. The van der Waals surface area contributed by atoms with Crippen molar-refractivity contribution in [1.82, 2.24) is 4.90 Å². The van der Waals surface area contributed by atoms with Crippen molar-refractivity contribution in [2.45, 2.75) is 18.2 Å². The number of carbonyl (C=O) groups excluding carboxylic acids is 1. The Bertz CT molecular complexity index is 294. The zero-order valence-electron chi connectivity index (χ0n) is 7.14. The van der Waals surface area contributed by atoms with Crippen LogP contribution in [0, 0.1) is 12.3 Å². The van der Waals surface area contributed by atoms with Crippen molar-refractivity contribution in [2.24, 2.45) is 0 Å². The van der Waals surface area contributed by atoms with Gasteiger partial charge in [-0.1, -0.05) is 0 Å². The molecule has 78 valence electrons. The summed E-state index contributed by atoms with van der Waals surface area (Å²) < 4.78 is 36.7. The zero-order chi connectivity index (χ0) is 11.0. The van der Waals surface area contributed by atoms with E-state index in [9.17, 15) is 18.0 Å². The molecule has 1 atom stereocenters. The number of amides is 1. The minimum Gasteiger partial charge on any atom is -0.379 e. The van der Waals surface area contributed by atoms with Crippen LogP contribution < -0.4 is 0 Å². The molecule has 0 aliphatic carbocycles. The number of β-amino-alcohol motifs (C(OH)–C–C–N with tert-alkyl or cyclic N) is 1. The molecule has 0 aromatic heterocycles. The summed E-state index contributed by atoms with van der Waals surface area (Å²) in [6.45, 7) is -0.946. The normalized spacial score (nSPS) is 27.5. The largest absolute Gasteiger partial charge is 0.419 e. The second kappa shape index (κ2) is 3.17. The van der Waals surface area contributed by atoms with E-state index in [-0.39, 0.29) is 6.54 Å². The molecule has 0 bridgehead atoms. The van der Waals surface area contributed by atoms with Gasteiger partial charge >= 0.3 is 6.18 Å². The van der Waals surface area contributed by atoms with Gasteiger partial charge in [0.1, 0.15) is 0 Å². The number of hydrogen-bond acceptors (Lipinski definition) is 2. The molecule has 1 rings (SSSR count). The first-order valence-corrected chi connectivity index (χ1v) is 3.85. The number of alkyl halides is 3. The zero-order valence-corrected chi connectivity index (χ0v) is 7.14. The molecule has 0 aromatic rings. The third-order valence-corrected chi connectivity index (χ3v) is 2.19. The number of aliphatic hydroxyl groups is 1. The maximum atomic E-state index is 12.2. The smallest absolute Gasteiger partial charge is 0.379 e. The minimum absolute atomic E-state index is 0.168. The maximum absolute atomic E-state index is 12.2. The van der Waals surface area contributed by atoms with Crippen LogP contribution in [0.2, 0.25) is 0 Å². The Morgan fingerprint density at radius 2 is 2.14 bits per heavy atom. The number of carbonyl (C=O) groups is 1. The number of rotatable bonds is 0. The fourth-order valence-corrected chi connectivity index (χ4v) is 1.29. The van der Waals surface area contributed by atoms with Crippen molar-refractivity contribution < 1.29 is 23.1 Å². The second-order valence-electron chi connectivity index (χ2n) is 3.15. The fraction of sp³-hybridized carbons (Fsp3) is 0.625. The summed E-state index contributed by atoms with van der Waals surface area (Å²) in [7, 11) is 0. The van der Waals surface area contributed by atoms with Crippen LogP contribution in [-0.4, -0.2) is 40.8 Å². The molecular formula is C8H8F3NO2. The lowest BCUT2D eigenvalue weighted by atomic mass is 10.0. The van der Waals surface area contributed by atoms with E-state index in [1.165, 1.54) is 0 Å². The third-order valence-electron chi connectivity index (χ3n) is 2.19. The number of halogens is 3. The fourth-order valence-electron chi connectivity index (χ4n) is 1.29. The van der Waals surface area contributed by atoms with E-state index >= 15 is 0 Å². The molecule has 1 unspecified atom stereocenters. The standard InChI is InChI=1S/C8H8F3NO2/c1-2-6(13)12-4-3-7(14,5-12)8(9,10)11/h1,14H,3-5H2. The van der Waals surface area contributed by atoms with E-state index in [1.807, 2.05) is 0 Å². The second-order valence-corrected chi connectivity index (χ2v) is 3.15. The highest BCUT2D eigenvalue weighted by Crippen LogP contribution is 2.37. The van der Waals surface area contributed by atoms with Crippen LogP contribution in [-0.2, 0) is 4.79 Å². The quantitative estimate of drug-likeness (QED) is 0.574. The Morgan fingerprint density at radius 3 is 2.50 bits per heavy atom. The van der Waals surface area contributed by atoms with Gasteiger partial charge in [-0.05, 0) is 5.92 Å². The van der Waals surface area contributed by atoms with Crippen LogP contribution in [0.15, 0.2) is 0 Å². The van der Waals surface area contributed by atoms with Crippen molar-refractivity contribution >= 4 is 5.91 Å². The highest BCUT2D eigenvalue weighted by atomic mass is 19.4. The molecule has 14 heavy (non-hydrogen) atoms. The Hall–Kier alpha value is -1.22. The molecule has 0 radical (unpaired) electrons. The molecular weight excluding hydrogens is 199 g/mol. The maximum Gasteiger partial charge on any atom is 0.419 e. The van der Waals surface area contributed by atoms with Gasteiger partial charge in [0, 0.05) is 13.0 Å². The number of likely N-dealkylation sites (tertiary alicyclic amines) is 1. The van der Waals surface area contributed by atoms with Gasteiger partial charge in [-0.25, -0.2) is 0 Å². The summed E-state index contributed by atoms with van der Waals surface area (Å²) in [4.78, 5) is 11.7. The molecule has 1 aliphatic rings. The molecule has 1 aliphatic heterocycles. The lowest BCUT2D eigenvalue weighted by molar-refractivity contribution is -0.253. The molecule has 1 heterocycles. The van der Waals surface area contributed by atoms with Gasteiger partial charge in [0.2, 0.25) is 0 Å². The Kier molecular flexibility index (Phi) is 2.46. The van der Waals surface area contributed by atoms with E-state index in [0.717, 1.165) is 4.90 Å². The summed E-state index contributed by atoms with van der Waals surface area (Å²) >= 11 is 0. The third kappa shape index (κ3) is 1.68. The molecule has 1 saturated heterocycles. The molecule has 1 fully saturated rings. The highest BCUT2D eigenvalue weighted by Gasteiger charge is 2.57. The van der Waals surface area contributed by atoms with Crippen LogP contribution >= 0.6 is 0 Å². The summed E-state index contributed by atoms with van der Waals surface area (Å²) in [5.41, 5.74) is -2.81. The monoisotopic (exact) mass is 207 g/mol. The van der Waals surface area contributed by atoms with Crippen LogP contribution in [0.25, 0.3) is 0 Å². The number of nitrogens with zero attached hydrogens (tertiary/aromatic N) is 1. The van der Waals surface area contributed by atoms with Crippen molar-refractivity contribution in [3.05, 3.63) is 0 Å². The van der Waals surface area contributed by atoms with E-state index < -0.39 is 30.7 Å². The van der Waals surface area contributed by atoms with Crippen LogP contribution in [0.4, 0.5) is 13.2 Å². The minimum atomic E-state index is -4.73. The van der Waals surface area contributed by atoms with E-state index in [2.05, 4.69) is 0 Å². The van der Waals surface area contributed by atoms with E-state index in [1.54, 1.807) is 5.92 Å². The van der Waals surface area contributed by atoms with Crippen molar-refractivity contribution in [3.8, 4) is 12.3 Å². The Morgan fingerprint density at radius 1 is 1.57 bits per heavy atom. The van der Waals surface area contributed by atoms with Gasteiger partial charge < -0.3 is 10.0 Å². The summed E-state index contributed by atoms with van der Waals surface area (Å²) in [6, 6.07) is 0. The first-order valence-electron chi connectivity index (χ1n) is 3.85. The molecule has 0 spiro atoms. The predicted molar refractivity (Wildman–Crippen MR) is 41.0 cm³/mol. The summed E-state index contributed by atoms with van der Waals surface area (Å²) in [5, 5.41) is 9.16. The summed E-state index contributed by atoms with van der Waals surface area (Å²) in [6.07, 6.45) is -0.504. The van der Waals surface area contributed by atoms with E-state index in [0.29, 0.717) is 0 Å². The van der Waals surface area contributed by atoms with Crippen LogP contribution in [0.5, 0.6) is 0 Å². The van der Waals surface area contributed by atoms with Gasteiger partial charge in [-0.3, -0.25) is 4.79 Å². The average Bonchev–Trinajstić information content (AvgIpc) is 2.47. The van der Waals surface area contributed by atoms with Crippen molar-refractivity contribution in [1.29, 1.82) is 0 Å². The molecule has 6 heteroatoms. The van der Waals surface area contributed by atoms with Gasteiger partial charge in [0.05, 0.1) is 6.54 Å². The number of hydrogen-bond donors (Lipinski definition) is 1. The molecule has 1 amide bonds. The lowest BCUT2D eigenvalue weighted by Gasteiger charge is -2.25. The Balaban J connectivity index is 2.75. The van der Waals surface area contributed by atoms with Crippen molar-refractivity contribution in [2.75, 3.05) is 13.1 Å². The van der Waals surface area contributed by atoms with E-state index in [4.69, 9.17) is 11.5 Å². The van der Waals surface area contributed by atoms with Gasteiger partial charge in [-0.2, -0.15) is 13.2 Å². The first kappa shape index (κ1) is 10.9. The first-order chi connectivity index (χ1) is 6.30. The van der Waals surface area contributed by atoms with Gasteiger partial charge in [0.25, 0.3) is 5.91 Å². The van der Waals surface area contributed by atoms with Crippen LogP contribution in [0.1, 0.15) is 6.42 Å². The SMILES string of the molecule is C#CC(=O)N1CCC(O)(C(F)(F)F)C1. The molecule has 0 saturated carbocycles. The topological polar surface area (TPSA) is 40.5 Å². The molecule has 0 aromatic carbocycles. The van der Waals surface area contributed by atoms with Gasteiger partial charge in [-0.15, -0.1) is 6.42 Å². The van der Waals surface area contributed by atoms with Gasteiger partial charge in [0.15, 0.2) is 5.60 Å². The summed E-state index contributed by atoms with van der Waals surface area (Å²) in [5.74, 6) is 0.876. The predicted octanol–water partition coefficient (Wildman–Crippen LogP) is 0.145.